The minimum absolute atomic E-state index is 0.0303. The Bertz CT molecular complexity index is 1370. The van der Waals surface area contributed by atoms with E-state index in [1.807, 2.05) is 0 Å². The highest BCUT2D eigenvalue weighted by atomic mass is 19.4. The van der Waals surface area contributed by atoms with E-state index in [0.29, 0.717) is 27.9 Å². The first-order valence-electron chi connectivity index (χ1n) is 10.8. The third-order valence-corrected chi connectivity index (χ3v) is 5.77. The van der Waals surface area contributed by atoms with Gasteiger partial charge in [-0.3, -0.25) is 9.13 Å². The van der Waals surface area contributed by atoms with Crippen LogP contribution in [0.5, 0.6) is 0 Å². The number of alkyl halides is 3. The Hall–Kier alpha value is -3.18. The molecule has 4 rings (SSSR count). The topological polar surface area (TPSA) is 80.0 Å². The molecule has 0 spiro atoms. The molecule has 0 amide bonds. The molecular formula is C23H25F4N5O2. The van der Waals surface area contributed by atoms with E-state index in [4.69, 9.17) is 10.5 Å². The van der Waals surface area contributed by atoms with Gasteiger partial charge < -0.3 is 15.0 Å². The van der Waals surface area contributed by atoms with Crippen molar-refractivity contribution >= 4 is 22.1 Å². The molecular weight excluding hydrogens is 454 g/mol. The molecule has 0 fully saturated rings. The van der Waals surface area contributed by atoms with Crippen molar-refractivity contribution in [1.82, 2.24) is 18.7 Å². The number of methoxy groups -OCH3 is 1. The molecule has 7 nitrogen and oxygen atoms in total. The maximum Gasteiger partial charge on any atom is 0.389 e. The zero-order chi connectivity index (χ0) is 24.5. The van der Waals surface area contributed by atoms with Crippen molar-refractivity contribution in [1.29, 1.82) is 0 Å². The SMILES string of the molecule is COCCn1c(=O)n(Cc2nc3cc(CN)ccc3n2CCCC(F)(F)F)c2cc(F)ccc21. The molecule has 11 heteroatoms. The van der Waals surface area contributed by atoms with E-state index in [1.165, 1.54) is 34.4 Å². The number of imidazole rings is 2. The van der Waals surface area contributed by atoms with Gasteiger partial charge in [0.1, 0.15) is 11.6 Å². The second-order valence-corrected chi connectivity index (χ2v) is 8.07. The predicted octanol–water partition coefficient (Wildman–Crippen LogP) is 3.79. The number of hydrogen-bond acceptors (Lipinski definition) is 4. The molecule has 34 heavy (non-hydrogen) atoms. The number of fused-ring (bicyclic) bond motifs is 2. The van der Waals surface area contributed by atoms with E-state index >= 15 is 0 Å². The van der Waals surface area contributed by atoms with Gasteiger partial charge in [-0.1, -0.05) is 6.07 Å². The Labute approximate surface area is 192 Å². The summed E-state index contributed by atoms with van der Waals surface area (Å²) in [6, 6.07) is 9.42. The summed E-state index contributed by atoms with van der Waals surface area (Å²) in [7, 11) is 1.52. The van der Waals surface area contributed by atoms with Gasteiger partial charge in [-0.05, 0) is 42.3 Å². The van der Waals surface area contributed by atoms with E-state index in [-0.39, 0.29) is 44.9 Å². The molecule has 2 aromatic carbocycles. The Morgan fingerprint density at radius 2 is 1.76 bits per heavy atom. The third-order valence-electron chi connectivity index (χ3n) is 5.77. The Kier molecular flexibility index (Phi) is 6.76. The predicted molar refractivity (Wildman–Crippen MR) is 120 cm³/mol. The molecule has 0 aliphatic heterocycles. The van der Waals surface area contributed by atoms with Crippen molar-refractivity contribution in [2.75, 3.05) is 13.7 Å². The van der Waals surface area contributed by atoms with Crippen LogP contribution in [0.1, 0.15) is 24.2 Å². The van der Waals surface area contributed by atoms with Gasteiger partial charge in [-0.25, -0.2) is 14.2 Å². The lowest BCUT2D eigenvalue weighted by atomic mass is 10.2. The first-order chi connectivity index (χ1) is 16.2. The summed E-state index contributed by atoms with van der Waals surface area (Å²) in [5.41, 5.74) is 8.31. The van der Waals surface area contributed by atoms with Crippen LogP contribution in [-0.2, 0) is 30.9 Å². The highest BCUT2D eigenvalue weighted by molar-refractivity contribution is 5.78. The lowest BCUT2D eigenvalue weighted by Crippen LogP contribution is -2.27. The fourth-order valence-electron chi connectivity index (χ4n) is 4.15. The number of benzene rings is 2. The standard InChI is InChI=1S/C23H25F4N5O2/c1-34-10-9-31-19-6-4-16(24)12-20(19)32(22(31)33)14-21-29-17-11-15(13-28)3-5-18(17)30(21)8-2-7-23(25,26)27/h3-6,11-12H,2,7-10,13-14,28H2,1H3. The number of nitrogens with zero attached hydrogens (tertiary/aromatic N) is 4. The third kappa shape index (κ3) is 4.85. The molecule has 4 aromatic rings. The normalized spacial score (nSPS) is 12.3. The molecule has 0 saturated carbocycles. The van der Waals surface area contributed by atoms with Gasteiger partial charge in [0.2, 0.25) is 0 Å². The molecule has 2 aromatic heterocycles. The fraction of sp³-hybridized carbons (Fsp3) is 0.391. The number of ether oxygens (including phenoxy) is 1. The van der Waals surface area contributed by atoms with Gasteiger partial charge in [0.25, 0.3) is 0 Å². The van der Waals surface area contributed by atoms with E-state index in [9.17, 15) is 22.4 Å². The van der Waals surface area contributed by atoms with Gasteiger partial charge >= 0.3 is 11.9 Å². The fourth-order valence-corrected chi connectivity index (χ4v) is 4.15. The second kappa shape index (κ2) is 9.59. The number of nitrogens with two attached hydrogens (primary N) is 1. The molecule has 0 aliphatic carbocycles. The summed E-state index contributed by atoms with van der Waals surface area (Å²) in [5.74, 6) is -0.0973. The van der Waals surface area contributed by atoms with E-state index < -0.39 is 18.4 Å². The van der Waals surface area contributed by atoms with E-state index in [1.54, 1.807) is 22.8 Å². The molecule has 0 radical (unpaired) electrons. The van der Waals surface area contributed by atoms with Crippen LogP contribution in [0.3, 0.4) is 0 Å². The average molecular weight is 479 g/mol. The van der Waals surface area contributed by atoms with Crippen LogP contribution in [0, 0.1) is 5.82 Å². The molecule has 0 unspecified atom stereocenters. The highest BCUT2D eigenvalue weighted by Gasteiger charge is 2.26. The Morgan fingerprint density at radius 3 is 2.47 bits per heavy atom. The van der Waals surface area contributed by atoms with Gasteiger partial charge in [0, 0.05) is 26.6 Å². The molecule has 0 bridgehead atoms. The zero-order valence-electron chi connectivity index (χ0n) is 18.6. The van der Waals surface area contributed by atoms with Crippen LogP contribution >= 0.6 is 0 Å². The van der Waals surface area contributed by atoms with Crippen molar-refractivity contribution in [2.24, 2.45) is 5.73 Å². The molecule has 182 valence electrons. The minimum atomic E-state index is -4.27. The van der Waals surface area contributed by atoms with E-state index in [2.05, 4.69) is 4.98 Å². The lowest BCUT2D eigenvalue weighted by molar-refractivity contribution is -0.135. The molecule has 0 aliphatic rings. The number of hydrogen-bond donors (Lipinski definition) is 1. The lowest BCUT2D eigenvalue weighted by Gasteiger charge is -2.11. The smallest absolute Gasteiger partial charge is 0.383 e. The Morgan fingerprint density at radius 1 is 1.00 bits per heavy atom. The van der Waals surface area contributed by atoms with Crippen LogP contribution in [0.25, 0.3) is 22.1 Å². The molecule has 2 N–H and O–H groups in total. The quantitative estimate of drug-likeness (QED) is 0.371. The Balaban J connectivity index is 1.80. The number of halogens is 4. The number of rotatable bonds is 9. The van der Waals surface area contributed by atoms with Crippen LogP contribution in [-0.4, -0.2) is 38.6 Å². The second-order valence-electron chi connectivity index (χ2n) is 8.07. The summed E-state index contributed by atoms with van der Waals surface area (Å²) in [6.45, 7) is 0.884. The molecule has 0 atom stereocenters. The van der Waals surface area contributed by atoms with Crippen molar-refractivity contribution in [3.05, 3.63) is 64.1 Å². The van der Waals surface area contributed by atoms with Crippen LogP contribution in [0.15, 0.2) is 41.2 Å². The number of aryl methyl sites for hydroxylation is 1. The van der Waals surface area contributed by atoms with Crippen LogP contribution in [0.2, 0.25) is 0 Å². The largest absolute Gasteiger partial charge is 0.389 e. The van der Waals surface area contributed by atoms with Crippen molar-refractivity contribution in [2.45, 2.75) is 45.2 Å². The summed E-state index contributed by atoms with van der Waals surface area (Å²) in [6.07, 6.45) is -5.35. The summed E-state index contributed by atoms with van der Waals surface area (Å²) >= 11 is 0. The van der Waals surface area contributed by atoms with Gasteiger partial charge in [-0.15, -0.1) is 0 Å². The first-order valence-corrected chi connectivity index (χ1v) is 10.8. The van der Waals surface area contributed by atoms with Crippen LogP contribution < -0.4 is 11.4 Å². The van der Waals surface area contributed by atoms with E-state index in [0.717, 1.165) is 5.56 Å². The van der Waals surface area contributed by atoms with Gasteiger partial charge in [0.05, 0.1) is 41.8 Å². The summed E-state index contributed by atoms with van der Waals surface area (Å²) in [5, 5.41) is 0. The summed E-state index contributed by atoms with van der Waals surface area (Å²) in [4.78, 5) is 17.8. The van der Waals surface area contributed by atoms with Gasteiger partial charge in [0.15, 0.2) is 0 Å². The zero-order valence-corrected chi connectivity index (χ0v) is 18.6. The van der Waals surface area contributed by atoms with Crippen molar-refractivity contribution < 1.29 is 22.3 Å². The summed E-state index contributed by atoms with van der Waals surface area (Å²) < 4.78 is 62.1. The van der Waals surface area contributed by atoms with Crippen molar-refractivity contribution in [3.63, 3.8) is 0 Å². The van der Waals surface area contributed by atoms with Gasteiger partial charge in [-0.2, -0.15) is 13.2 Å². The average Bonchev–Trinajstić information content (AvgIpc) is 3.25. The molecule has 2 heterocycles. The monoisotopic (exact) mass is 479 g/mol. The maximum atomic E-state index is 14.1. The highest BCUT2D eigenvalue weighted by Crippen LogP contribution is 2.25. The maximum absolute atomic E-state index is 14.1. The minimum Gasteiger partial charge on any atom is -0.383 e. The van der Waals surface area contributed by atoms with Crippen molar-refractivity contribution in [3.8, 4) is 0 Å². The molecule has 0 saturated heterocycles. The first kappa shape index (κ1) is 24.0. The number of aromatic nitrogens is 4. The van der Waals surface area contributed by atoms with Crippen LogP contribution in [0.4, 0.5) is 17.6 Å².